The molecule has 3 heterocycles. The first-order valence-corrected chi connectivity index (χ1v) is 8.54. The first-order valence-electron chi connectivity index (χ1n) is 8.54. The number of nitrogens with zero attached hydrogens (tertiary/aromatic N) is 2. The van der Waals surface area contributed by atoms with Crippen LogP contribution < -0.4 is 10.2 Å². The van der Waals surface area contributed by atoms with Crippen LogP contribution in [0.15, 0.2) is 60.9 Å². The van der Waals surface area contributed by atoms with E-state index in [0.29, 0.717) is 18.7 Å². The summed E-state index contributed by atoms with van der Waals surface area (Å²) in [6.45, 7) is 2.87. The number of hydrogen-bond donors (Lipinski definition) is 1. The van der Waals surface area contributed by atoms with E-state index in [-0.39, 0.29) is 18.0 Å². The summed E-state index contributed by atoms with van der Waals surface area (Å²) < 4.78 is 6.90. The van der Waals surface area contributed by atoms with Gasteiger partial charge < -0.3 is 14.5 Å². The molecule has 1 N–H and O–H groups in total. The van der Waals surface area contributed by atoms with Crippen LogP contribution in [0.25, 0.3) is 5.52 Å². The topological polar surface area (TPSA) is 63.1 Å². The van der Waals surface area contributed by atoms with Gasteiger partial charge in [-0.1, -0.05) is 18.2 Å². The molecule has 1 atom stereocenters. The molecular weight excluding hydrogens is 330 g/mol. The zero-order chi connectivity index (χ0) is 18.1. The Balaban J connectivity index is 1.51. The number of carbonyl (C=O) groups is 2. The van der Waals surface area contributed by atoms with Crippen LogP contribution in [-0.2, 0) is 4.74 Å². The molecule has 1 aromatic carbocycles. The number of ether oxygens (including phenoxy) is 1. The highest BCUT2D eigenvalue weighted by atomic mass is 16.6. The summed E-state index contributed by atoms with van der Waals surface area (Å²) in [7, 11) is 0. The largest absolute Gasteiger partial charge is 0.447 e. The van der Waals surface area contributed by atoms with Gasteiger partial charge in [0.25, 0.3) is 5.91 Å². The van der Waals surface area contributed by atoms with E-state index in [4.69, 9.17) is 4.74 Å². The third-order valence-corrected chi connectivity index (χ3v) is 4.56. The molecule has 4 rings (SSSR count). The van der Waals surface area contributed by atoms with Crippen molar-refractivity contribution in [1.29, 1.82) is 0 Å². The molecule has 2 aromatic heterocycles. The van der Waals surface area contributed by atoms with Crippen molar-refractivity contribution in [2.75, 3.05) is 18.1 Å². The fourth-order valence-corrected chi connectivity index (χ4v) is 3.13. The predicted octanol–water partition coefficient (Wildman–Crippen LogP) is 3.39. The Morgan fingerprint density at radius 1 is 1.19 bits per heavy atom. The summed E-state index contributed by atoms with van der Waals surface area (Å²) in [5.74, 6) is -0.132. The molecule has 1 saturated heterocycles. The van der Waals surface area contributed by atoms with Gasteiger partial charge in [0.15, 0.2) is 0 Å². The molecule has 3 aromatic rings. The highest BCUT2D eigenvalue weighted by molar-refractivity contribution is 5.96. The summed E-state index contributed by atoms with van der Waals surface area (Å²) in [6, 6.07) is 15.1. The standard InChI is InChI=1S/C20H19N3O3/c1-14(15-5-4-7-18(11-15)23-9-10-26-20(23)25)21-19(24)16-12-17-6-2-3-8-22(17)13-16/h2-8,11-14H,9-10H2,1H3,(H,21,24)/t14-/m0/s1. The second-order valence-electron chi connectivity index (χ2n) is 6.32. The van der Waals surface area contributed by atoms with E-state index in [1.165, 1.54) is 0 Å². The number of nitrogens with one attached hydrogen (secondary N) is 1. The molecule has 0 unspecified atom stereocenters. The Labute approximate surface area is 151 Å². The van der Waals surface area contributed by atoms with Crippen molar-refractivity contribution >= 4 is 23.2 Å². The number of cyclic esters (lactones) is 1. The molecular formula is C20H19N3O3. The molecule has 0 spiro atoms. The minimum Gasteiger partial charge on any atom is -0.447 e. The Kier molecular flexibility index (Phi) is 4.08. The molecule has 26 heavy (non-hydrogen) atoms. The fourth-order valence-electron chi connectivity index (χ4n) is 3.13. The van der Waals surface area contributed by atoms with E-state index in [9.17, 15) is 9.59 Å². The van der Waals surface area contributed by atoms with Gasteiger partial charge in [0.1, 0.15) is 6.61 Å². The van der Waals surface area contributed by atoms with Crippen molar-refractivity contribution in [3.8, 4) is 0 Å². The normalized spacial score (nSPS) is 15.1. The first-order chi connectivity index (χ1) is 12.6. The minimum absolute atomic E-state index is 0.132. The van der Waals surface area contributed by atoms with Gasteiger partial charge in [0.2, 0.25) is 0 Å². The highest BCUT2D eigenvalue weighted by Crippen LogP contribution is 2.23. The van der Waals surface area contributed by atoms with Crippen LogP contribution in [0.1, 0.15) is 28.9 Å². The highest BCUT2D eigenvalue weighted by Gasteiger charge is 2.24. The number of aromatic nitrogens is 1. The Morgan fingerprint density at radius 3 is 2.85 bits per heavy atom. The number of anilines is 1. The van der Waals surface area contributed by atoms with Gasteiger partial charge >= 0.3 is 6.09 Å². The predicted molar refractivity (Wildman–Crippen MR) is 98.4 cm³/mol. The van der Waals surface area contributed by atoms with Gasteiger partial charge in [-0.2, -0.15) is 0 Å². The number of pyridine rings is 1. The average Bonchev–Trinajstić information content (AvgIpc) is 3.27. The average molecular weight is 349 g/mol. The zero-order valence-electron chi connectivity index (χ0n) is 14.4. The van der Waals surface area contributed by atoms with Gasteiger partial charge in [0.05, 0.1) is 18.2 Å². The second-order valence-corrected chi connectivity index (χ2v) is 6.32. The molecule has 6 heteroatoms. The smallest absolute Gasteiger partial charge is 0.414 e. The number of benzene rings is 1. The maximum Gasteiger partial charge on any atom is 0.414 e. The Bertz CT molecular complexity index is 946. The molecule has 132 valence electrons. The van der Waals surface area contributed by atoms with Gasteiger partial charge in [-0.25, -0.2) is 4.79 Å². The Morgan fingerprint density at radius 2 is 2.08 bits per heavy atom. The number of carbonyl (C=O) groups excluding carboxylic acids is 2. The van der Waals surface area contributed by atoms with Gasteiger partial charge in [-0.05, 0) is 42.8 Å². The number of rotatable bonds is 4. The lowest BCUT2D eigenvalue weighted by atomic mass is 10.1. The second kappa shape index (κ2) is 6.55. The van der Waals surface area contributed by atoms with E-state index in [1.54, 1.807) is 4.90 Å². The van der Waals surface area contributed by atoms with Crippen molar-refractivity contribution in [2.45, 2.75) is 13.0 Å². The van der Waals surface area contributed by atoms with Crippen LogP contribution in [0.5, 0.6) is 0 Å². The molecule has 0 aliphatic carbocycles. The summed E-state index contributed by atoms with van der Waals surface area (Å²) in [5, 5.41) is 3.02. The van der Waals surface area contributed by atoms with E-state index >= 15 is 0 Å². The number of amides is 2. The van der Waals surface area contributed by atoms with E-state index < -0.39 is 0 Å². The molecule has 1 fully saturated rings. The monoisotopic (exact) mass is 349 g/mol. The number of fused-ring (bicyclic) bond motifs is 1. The van der Waals surface area contributed by atoms with Crippen LogP contribution in [0.4, 0.5) is 10.5 Å². The molecule has 1 aliphatic heterocycles. The fraction of sp³-hybridized carbons (Fsp3) is 0.200. The van der Waals surface area contributed by atoms with Gasteiger partial charge in [-0.3, -0.25) is 9.69 Å². The van der Waals surface area contributed by atoms with Gasteiger partial charge in [0, 0.05) is 23.6 Å². The summed E-state index contributed by atoms with van der Waals surface area (Å²) in [4.78, 5) is 25.9. The lowest BCUT2D eigenvalue weighted by Crippen LogP contribution is -2.27. The lowest BCUT2D eigenvalue weighted by molar-refractivity contribution is 0.0940. The first kappa shape index (κ1) is 16.2. The van der Waals surface area contributed by atoms with Crippen LogP contribution in [0.2, 0.25) is 0 Å². The van der Waals surface area contributed by atoms with Crippen molar-refractivity contribution < 1.29 is 14.3 Å². The van der Waals surface area contributed by atoms with E-state index in [0.717, 1.165) is 16.8 Å². The summed E-state index contributed by atoms with van der Waals surface area (Å²) in [5.41, 5.74) is 3.29. The quantitative estimate of drug-likeness (QED) is 0.785. The molecule has 2 amide bonds. The third-order valence-electron chi connectivity index (χ3n) is 4.56. The lowest BCUT2D eigenvalue weighted by Gasteiger charge is -2.18. The van der Waals surface area contributed by atoms with E-state index in [2.05, 4.69) is 5.32 Å². The molecule has 0 saturated carbocycles. The van der Waals surface area contributed by atoms with E-state index in [1.807, 2.05) is 72.2 Å². The van der Waals surface area contributed by atoms with Crippen molar-refractivity contribution in [1.82, 2.24) is 9.72 Å². The van der Waals surface area contributed by atoms with Crippen LogP contribution in [0, 0.1) is 0 Å². The maximum atomic E-state index is 12.6. The summed E-state index contributed by atoms with van der Waals surface area (Å²) >= 11 is 0. The van der Waals surface area contributed by atoms with Crippen molar-refractivity contribution in [3.63, 3.8) is 0 Å². The van der Waals surface area contributed by atoms with Crippen LogP contribution in [0.3, 0.4) is 0 Å². The molecule has 1 aliphatic rings. The number of hydrogen-bond acceptors (Lipinski definition) is 3. The zero-order valence-corrected chi connectivity index (χ0v) is 14.4. The van der Waals surface area contributed by atoms with Gasteiger partial charge in [-0.15, -0.1) is 0 Å². The SMILES string of the molecule is C[C@H](NC(=O)c1cc2ccccn2c1)c1cccc(N2CCOC2=O)c1. The van der Waals surface area contributed by atoms with Crippen molar-refractivity contribution in [3.05, 3.63) is 72.1 Å². The van der Waals surface area contributed by atoms with Crippen LogP contribution >= 0.6 is 0 Å². The van der Waals surface area contributed by atoms with Crippen LogP contribution in [-0.4, -0.2) is 29.6 Å². The molecule has 0 bridgehead atoms. The molecule has 0 radical (unpaired) electrons. The Hall–Kier alpha value is -3.28. The third kappa shape index (κ3) is 3.01. The maximum absolute atomic E-state index is 12.6. The van der Waals surface area contributed by atoms with Crippen molar-refractivity contribution in [2.24, 2.45) is 0 Å². The molecule has 6 nitrogen and oxygen atoms in total. The minimum atomic E-state index is -0.334. The summed E-state index contributed by atoms with van der Waals surface area (Å²) in [6.07, 6.45) is 3.39.